The Labute approximate surface area is 145 Å². The molecule has 0 aliphatic heterocycles. The Kier molecular flexibility index (Phi) is 5.40. The molecule has 2 unspecified atom stereocenters. The van der Waals surface area contributed by atoms with Crippen LogP contribution in [0.5, 0.6) is 5.75 Å². The van der Waals surface area contributed by atoms with Crippen LogP contribution in [0.3, 0.4) is 0 Å². The standard InChI is InChI=1S/C18H19BrClNO/c19-15-5-1-13(2-6-15)12-22-16-7-3-14(4-8-16)17-11-18(17)21-10-9-20/h1-8,17-18,21H,9-12H2. The number of hydrogen-bond donors (Lipinski definition) is 1. The molecule has 22 heavy (non-hydrogen) atoms. The monoisotopic (exact) mass is 379 g/mol. The van der Waals surface area contributed by atoms with Gasteiger partial charge in [-0.1, -0.05) is 40.2 Å². The van der Waals surface area contributed by atoms with Gasteiger partial charge in [0.1, 0.15) is 12.4 Å². The highest BCUT2D eigenvalue weighted by Crippen LogP contribution is 2.41. The topological polar surface area (TPSA) is 21.3 Å². The maximum atomic E-state index is 5.83. The average molecular weight is 381 g/mol. The molecule has 4 heteroatoms. The quantitative estimate of drug-likeness (QED) is 0.702. The fourth-order valence-electron chi connectivity index (χ4n) is 2.59. The zero-order valence-electron chi connectivity index (χ0n) is 12.3. The molecule has 116 valence electrons. The van der Waals surface area contributed by atoms with Gasteiger partial charge in [-0.05, 0) is 41.8 Å². The number of rotatable bonds is 7. The Morgan fingerprint density at radius 3 is 2.50 bits per heavy atom. The third kappa shape index (κ3) is 4.25. The Morgan fingerprint density at radius 2 is 1.82 bits per heavy atom. The summed E-state index contributed by atoms with van der Waals surface area (Å²) in [6.45, 7) is 1.48. The summed E-state index contributed by atoms with van der Waals surface area (Å²) in [7, 11) is 0. The van der Waals surface area contributed by atoms with E-state index in [-0.39, 0.29) is 0 Å². The van der Waals surface area contributed by atoms with Crippen molar-refractivity contribution in [3.63, 3.8) is 0 Å². The van der Waals surface area contributed by atoms with Crippen LogP contribution in [0.25, 0.3) is 0 Å². The van der Waals surface area contributed by atoms with Crippen LogP contribution >= 0.6 is 27.5 Å². The molecule has 2 aromatic rings. The highest BCUT2D eigenvalue weighted by Gasteiger charge is 2.37. The minimum Gasteiger partial charge on any atom is -0.489 e. The van der Waals surface area contributed by atoms with E-state index in [2.05, 4.69) is 57.6 Å². The van der Waals surface area contributed by atoms with E-state index < -0.39 is 0 Å². The normalized spacial score (nSPS) is 19.9. The van der Waals surface area contributed by atoms with Gasteiger partial charge in [0.05, 0.1) is 0 Å². The first-order valence-electron chi connectivity index (χ1n) is 7.53. The number of halogens is 2. The molecular weight excluding hydrogens is 362 g/mol. The summed E-state index contributed by atoms with van der Waals surface area (Å²) in [4.78, 5) is 0. The van der Waals surface area contributed by atoms with Gasteiger partial charge in [0, 0.05) is 28.9 Å². The molecule has 3 rings (SSSR count). The van der Waals surface area contributed by atoms with Crippen molar-refractivity contribution in [2.45, 2.75) is 25.0 Å². The van der Waals surface area contributed by atoms with E-state index >= 15 is 0 Å². The van der Waals surface area contributed by atoms with Gasteiger partial charge >= 0.3 is 0 Å². The van der Waals surface area contributed by atoms with Gasteiger partial charge in [-0.25, -0.2) is 0 Å². The van der Waals surface area contributed by atoms with Gasteiger partial charge in [0.2, 0.25) is 0 Å². The van der Waals surface area contributed by atoms with Crippen molar-refractivity contribution in [1.82, 2.24) is 5.32 Å². The van der Waals surface area contributed by atoms with E-state index in [1.54, 1.807) is 0 Å². The zero-order valence-corrected chi connectivity index (χ0v) is 14.6. The van der Waals surface area contributed by atoms with Crippen molar-refractivity contribution in [1.29, 1.82) is 0 Å². The minimum atomic E-state index is 0.591. The molecule has 1 saturated carbocycles. The van der Waals surface area contributed by atoms with E-state index in [1.807, 2.05) is 12.1 Å². The number of benzene rings is 2. The molecule has 2 aromatic carbocycles. The Bertz CT molecular complexity index is 599. The largest absolute Gasteiger partial charge is 0.489 e. The summed E-state index contributed by atoms with van der Waals surface area (Å²) in [6.07, 6.45) is 1.20. The molecule has 0 spiro atoms. The van der Waals surface area contributed by atoms with Gasteiger partial charge in [0.25, 0.3) is 0 Å². The van der Waals surface area contributed by atoms with Crippen molar-refractivity contribution in [3.05, 3.63) is 64.1 Å². The van der Waals surface area contributed by atoms with Crippen molar-refractivity contribution in [3.8, 4) is 5.75 Å². The lowest BCUT2D eigenvalue weighted by Gasteiger charge is -2.08. The predicted octanol–water partition coefficient (Wildman–Crippen LogP) is 4.71. The summed E-state index contributed by atoms with van der Waals surface area (Å²) in [5.74, 6) is 2.22. The molecule has 0 heterocycles. The second-order valence-corrected chi connectivity index (χ2v) is 6.87. The van der Waals surface area contributed by atoms with Gasteiger partial charge in [-0.2, -0.15) is 0 Å². The lowest BCUT2D eigenvalue weighted by Crippen LogP contribution is -2.20. The molecular formula is C18H19BrClNO. The summed E-state index contributed by atoms with van der Waals surface area (Å²) < 4.78 is 6.92. The van der Waals surface area contributed by atoms with Crippen LogP contribution in [0.15, 0.2) is 53.0 Å². The molecule has 1 N–H and O–H groups in total. The molecule has 1 aliphatic rings. The first-order valence-corrected chi connectivity index (χ1v) is 8.85. The third-order valence-electron chi connectivity index (χ3n) is 3.92. The van der Waals surface area contributed by atoms with Gasteiger partial charge in [0.15, 0.2) is 0 Å². The van der Waals surface area contributed by atoms with E-state index in [0.717, 1.165) is 16.8 Å². The van der Waals surface area contributed by atoms with Crippen molar-refractivity contribution < 1.29 is 4.74 Å². The predicted molar refractivity (Wildman–Crippen MR) is 94.8 cm³/mol. The summed E-state index contributed by atoms with van der Waals surface area (Å²) >= 11 is 9.14. The maximum Gasteiger partial charge on any atom is 0.119 e. The first-order chi connectivity index (χ1) is 10.8. The summed E-state index contributed by atoms with van der Waals surface area (Å²) in [5.41, 5.74) is 2.54. The minimum absolute atomic E-state index is 0.591. The zero-order chi connectivity index (χ0) is 15.4. The number of ether oxygens (including phenoxy) is 1. The van der Waals surface area contributed by atoms with Crippen LogP contribution in [0.1, 0.15) is 23.5 Å². The fourth-order valence-corrected chi connectivity index (χ4v) is 2.96. The molecule has 2 atom stereocenters. The second-order valence-electron chi connectivity index (χ2n) is 5.58. The number of nitrogens with one attached hydrogen (secondary N) is 1. The highest BCUT2D eigenvalue weighted by molar-refractivity contribution is 9.10. The Balaban J connectivity index is 1.51. The highest BCUT2D eigenvalue weighted by atomic mass is 79.9. The molecule has 1 aliphatic carbocycles. The summed E-state index contributed by atoms with van der Waals surface area (Å²) in [6, 6.07) is 17.2. The van der Waals surface area contributed by atoms with E-state index in [9.17, 15) is 0 Å². The number of alkyl halides is 1. The lowest BCUT2D eigenvalue weighted by molar-refractivity contribution is 0.306. The second kappa shape index (κ2) is 7.49. The van der Waals surface area contributed by atoms with Crippen LogP contribution in [-0.4, -0.2) is 18.5 Å². The van der Waals surface area contributed by atoms with Gasteiger partial charge < -0.3 is 10.1 Å². The molecule has 0 bridgehead atoms. The van der Waals surface area contributed by atoms with E-state index in [1.165, 1.54) is 17.5 Å². The SMILES string of the molecule is ClCCNC1CC1c1ccc(OCc2ccc(Br)cc2)cc1. The van der Waals surface area contributed by atoms with E-state index in [0.29, 0.717) is 24.4 Å². The van der Waals surface area contributed by atoms with Crippen molar-refractivity contribution >= 4 is 27.5 Å². The average Bonchev–Trinajstić information content (AvgIpc) is 3.32. The Morgan fingerprint density at radius 1 is 1.09 bits per heavy atom. The van der Waals surface area contributed by atoms with Crippen LogP contribution in [0.2, 0.25) is 0 Å². The van der Waals surface area contributed by atoms with Gasteiger partial charge in [-0.3, -0.25) is 0 Å². The first kappa shape index (κ1) is 15.9. The lowest BCUT2D eigenvalue weighted by atomic mass is 10.1. The van der Waals surface area contributed by atoms with Crippen LogP contribution in [-0.2, 0) is 6.61 Å². The Hall–Kier alpha value is -1.03. The van der Waals surface area contributed by atoms with Gasteiger partial charge in [-0.15, -0.1) is 11.6 Å². The van der Waals surface area contributed by atoms with Crippen molar-refractivity contribution in [2.24, 2.45) is 0 Å². The van der Waals surface area contributed by atoms with Crippen LogP contribution in [0, 0.1) is 0 Å². The molecule has 0 aromatic heterocycles. The fraction of sp³-hybridized carbons (Fsp3) is 0.333. The molecule has 0 amide bonds. The third-order valence-corrected chi connectivity index (χ3v) is 4.64. The van der Waals surface area contributed by atoms with Crippen LogP contribution < -0.4 is 10.1 Å². The maximum absolute atomic E-state index is 5.83. The van der Waals surface area contributed by atoms with Crippen LogP contribution in [0.4, 0.5) is 0 Å². The smallest absolute Gasteiger partial charge is 0.119 e. The molecule has 0 saturated heterocycles. The van der Waals surface area contributed by atoms with E-state index in [4.69, 9.17) is 16.3 Å². The number of hydrogen-bond acceptors (Lipinski definition) is 2. The summed E-state index contributed by atoms with van der Waals surface area (Å²) in [5, 5.41) is 3.45. The van der Waals surface area contributed by atoms with Crippen molar-refractivity contribution in [2.75, 3.05) is 12.4 Å². The molecule has 2 nitrogen and oxygen atoms in total. The molecule has 0 radical (unpaired) electrons. The molecule has 1 fully saturated rings.